The topological polar surface area (TPSA) is 470 Å². The molecule has 1 saturated heterocycles. The Bertz CT molecular complexity index is 3480. The van der Waals surface area contributed by atoms with Gasteiger partial charge in [-0.15, -0.1) is 0 Å². The molecule has 1 fully saturated rings. The Hall–Kier alpha value is -6.02. The van der Waals surface area contributed by atoms with Crippen molar-refractivity contribution in [3.8, 4) is 22.5 Å². The van der Waals surface area contributed by atoms with Crippen molar-refractivity contribution >= 4 is 87.3 Å². The summed E-state index contributed by atoms with van der Waals surface area (Å²) in [4.78, 5) is 76.2. The van der Waals surface area contributed by atoms with E-state index in [9.17, 15) is 69.3 Å². The molecule has 0 spiro atoms. The molecule has 74 heavy (non-hydrogen) atoms. The van der Waals surface area contributed by atoms with Crippen LogP contribution in [0.1, 0.15) is 55.1 Å². The zero-order valence-corrected chi connectivity index (χ0v) is 42.2. The Labute approximate surface area is 419 Å². The molecular formula is C41H50N10O19P2S2. The number of nitrogen functional groups attached to an aromatic ring is 2. The number of aliphatic hydroxyl groups excluding tert-OH is 1. The summed E-state index contributed by atoms with van der Waals surface area (Å²) in [7, 11) is -19.3. The molecule has 0 saturated carbocycles. The summed E-state index contributed by atoms with van der Waals surface area (Å²) in [5.41, 5.74) is 11.1. The quantitative estimate of drug-likeness (QED) is 0.0138. The summed E-state index contributed by atoms with van der Waals surface area (Å²) >= 11 is 0. The maximum atomic E-state index is 14.1. The number of hydrogen-bond acceptors (Lipinski definition) is 20. The number of imidazole rings is 1. The van der Waals surface area contributed by atoms with E-state index in [2.05, 4.69) is 30.1 Å². The Balaban J connectivity index is 0.936. The predicted octanol–water partition coefficient (Wildman–Crippen LogP) is -0.194. The molecule has 2 amide bonds. The van der Waals surface area contributed by atoms with Gasteiger partial charge < -0.3 is 65.4 Å². The van der Waals surface area contributed by atoms with Gasteiger partial charge in [-0.1, -0.05) is 31.0 Å². The van der Waals surface area contributed by atoms with E-state index in [1.54, 1.807) is 12.1 Å². The molecular weight excluding hydrogens is 1060 g/mol. The Morgan fingerprint density at radius 2 is 1.64 bits per heavy atom. The van der Waals surface area contributed by atoms with Crippen LogP contribution in [-0.2, 0) is 47.9 Å². The molecule has 0 unspecified atom stereocenters. The lowest BCUT2D eigenvalue weighted by atomic mass is 9.90. The molecule has 2 aromatic heterocycles. The van der Waals surface area contributed by atoms with E-state index in [4.69, 9.17) is 30.6 Å². The van der Waals surface area contributed by atoms with E-state index in [0.717, 1.165) is 12.4 Å². The molecule has 4 aromatic rings. The molecule has 2 aromatic carbocycles. The second-order valence-electron chi connectivity index (χ2n) is 16.8. The van der Waals surface area contributed by atoms with Crippen LogP contribution in [0.2, 0.25) is 0 Å². The SMILES string of the molecule is CN(CCCC(=O)NCCCCCCNc1nc2c(N)ncnc2n1[C@@H]1O[C@H](COP(=O)(O)O)[C@@H](OP(=O)(O)O)[C@H]1O)C(=O)c1ccccc1-c1c2ccc(=[NH2+])c(S(=O)(=O)O)c-2oc2c(S(=O)(=O)[O-])c(N)ccc12. The van der Waals surface area contributed by atoms with Crippen LogP contribution >= 0.6 is 15.6 Å². The van der Waals surface area contributed by atoms with Crippen LogP contribution in [0.4, 0.5) is 17.5 Å². The molecule has 3 aliphatic rings. The number of ether oxygens (including phenoxy) is 1. The molecule has 0 radical (unpaired) electrons. The van der Waals surface area contributed by atoms with E-state index >= 15 is 0 Å². The summed E-state index contributed by atoms with van der Waals surface area (Å²) in [6.45, 7) is -0.203. The van der Waals surface area contributed by atoms with Crippen LogP contribution in [-0.4, -0.2) is 138 Å². The van der Waals surface area contributed by atoms with Crippen LogP contribution in [0, 0.1) is 0 Å². The summed E-state index contributed by atoms with van der Waals surface area (Å²) < 4.78 is 118. The number of hydrogen-bond donors (Lipinski definition) is 11. The van der Waals surface area contributed by atoms with Gasteiger partial charge in [0, 0.05) is 61.2 Å². The summed E-state index contributed by atoms with van der Waals surface area (Å²) in [6.07, 6.45) is -2.91. The smallest absolute Gasteiger partial charge is 0.470 e. The summed E-state index contributed by atoms with van der Waals surface area (Å²) in [6, 6.07) is 11.1. The molecule has 4 atom stereocenters. The minimum absolute atomic E-state index is 0.0197. The largest absolute Gasteiger partial charge is 0.744 e. The van der Waals surface area contributed by atoms with Crippen molar-refractivity contribution < 1.29 is 93.0 Å². The van der Waals surface area contributed by atoms with Crippen molar-refractivity contribution in [1.82, 2.24) is 29.7 Å². The van der Waals surface area contributed by atoms with E-state index in [1.807, 2.05) is 0 Å². The monoisotopic (exact) mass is 1110 g/mol. The molecule has 2 aliphatic heterocycles. The van der Waals surface area contributed by atoms with E-state index in [1.165, 1.54) is 46.8 Å². The number of carbonyl (C=O) groups excluding carboxylic acids is 2. The number of fused-ring (bicyclic) bond motifs is 3. The van der Waals surface area contributed by atoms with Gasteiger partial charge in [0.1, 0.15) is 39.7 Å². The highest BCUT2D eigenvalue weighted by Gasteiger charge is 2.50. The van der Waals surface area contributed by atoms with Crippen molar-refractivity contribution in [2.24, 2.45) is 0 Å². The maximum Gasteiger partial charge on any atom is 0.470 e. The third-order valence-electron chi connectivity index (χ3n) is 11.7. The Morgan fingerprint density at radius 3 is 2.31 bits per heavy atom. The first-order chi connectivity index (χ1) is 34.7. The fourth-order valence-electron chi connectivity index (χ4n) is 8.42. The van der Waals surface area contributed by atoms with Crippen molar-refractivity contribution in [1.29, 1.82) is 0 Å². The van der Waals surface area contributed by atoms with Crippen LogP contribution in [0.5, 0.6) is 0 Å². The van der Waals surface area contributed by atoms with Gasteiger partial charge in [0.2, 0.25) is 22.1 Å². The van der Waals surface area contributed by atoms with E-state index in [-0.39, 0.29) is 82.4 Å². The number of aromatic nitrogens is 4. The van der Waals surface area contributed by atoms with Crippen molar-refractivity contribution in [2.45, 2.75) is 72.9 Å². The Morgan fingerprint density at radius 1 is 0.932 bits per heavy atom. The minimum atomic E-state index is -5.36. The first-order valence-corrected chi connectivity index (χ1v) is 28.0. The van der Waals surface area contributed by atoms with Crippen molar-refractivity contribution in [2.75, 3.05) is 50.1 Å². The van der Waals surface area contributed by atoms with Gasteiger partial charge in [0.05, 0.1) is 12.3 Å². The Kier molecular flexibility index (Phi) is 16.6. The van der Waals surface area contributed by atoms with Crippen LogP contribution in [0.25, 0.3) is 44.6 Å². The third-order valence-corrected chi connectivity index (χ3v) is 14.5. The standard InChI is InChI=1S/C41H50N10O19P2S2/c1-50(39(54)22-10-5-4-9-21(22)29-23-12-14-25(42)35(73(61,62)63)32(23)69-33-24(29)13-15-26(43)36(33)74(64,65)66)18-8-11-28(52)45-16-6-2-3-7-17-46-41-49-30-37(44)47-20-48-38(30)51(41)40-31(53)34(70-72(58,59)60)27(68-40)19-67-71(55,56)57/h4-5,9-10,12-15,20,27,31,34,40,42,53H,2-3,6-8,11,16-19,43H2,1H3,(H,45,52)(H,46,49)(H2,44,47,48)(H2,55,56,57)(H2,58,59,60)(H,61,62,63)(H,64,65,66)/t27-,31-,34-,40-/m1/s1. The second-order valence-corrected chi connectivity index (χ2v) is 21.9. The number of phosphoric acid groups is 2. The summed E-state index contributed by atoms with van der Waals surface area (Å²) in [5, 5.41) is 22.5. The first kappa shape index (κ1) is 55.7. The predicted molar refractivity (Wildman–Crippen MR) is 256 cm³/mol. The molecule has 4 heterocycles. The average molecular weight is 1110 g/mol. The highest BCUT2D eigenvalue weighted by Crippen LogP contribution is 2.48. The van der Waals surface area contributed by atoms with Crippen molar-refractivity contribution in [3.63, 3.8) is 0 Å². The fraction of sp³-hybridized carbons (Fsp3) is 0.366. The van der Waals surface area contributed by atoms with Gasteiger partial charge in [0.15, 0.2) is 34.6 Å². The van der Waals surface area contributed by atoms with Crippen LogP contribution in [0.3, 0.4) is 0 Å². The zero-order valence-electron chi connectivity index (χ0n) is 38.7. The fourth-order valence-corrected chi connectivity index (χ4v) is 10.8. The summed E-state index contributed by atoms with van der Waals surface area (Å²) in [5.74, 6) is -1.44. The van der Waals surface area contributed by atoms with Gasteiger partial charge >= 0.3 is 25.8 Å². The number of nitrogens with two attached hydrogens (primary N) is 3. The molecule has 33 heteroatoms. The number of anilines is 3. The number of unbranched alkanes of at least 4 members (excludes halogenated alkanes) is 3. The normalized spacial score (nSPS) is 17.6. The first-order valence-electron chi connectivity index (χ1n) is 22.1. The van der Waals surface area contributed by atoms with Crippen LogP contribution in [0.15, 0.2) is 69.1 Å². The molecule has 7 rings (SSSR count). The lowest BCUT2D eigenvalue weighted by Gasteiger charge is -2.23. The lowest BCUT2D eigenvalue weighted by molar-refractivity contribution is -0.176. The highest BCUT2D eigenvalue weighted by molar-refractivity contribution is 7.86. The minimum Gasteiger partial charge on any atom is -0.744 e. The number of aliphatic hydroxyl groups is 1. The van der Waals surface area contributed by atoms with Gasteiger partial charge in [0.25, 0.3) is 5.91 Å². The highest BCUT2D eigenvalue weighted by atomic mass is 32.2. The number of amides is 2. The van der Waals surface area contributed by atoms with Gasteiger partial charge in [-0.05, 0) is 49.1 Å². The van der Waals surface area contributed by atoms with Gasteiger partial charge in [-0.2, -0.15) is 8.42 Å². The number of phosphoric ester groups is 2. The van der Waals surface area contributed by atoms with E-state index < -0.39 is 105 Å². The number of nitrogens with zero attached hydrogens (tertiary/aromatic N) is 5. The van der Waals surface area contributed by atoms with Gasteiger partial charge in [-0.25, -0.2) is 32.5 Å². The van der Waals surface area contributed by atoms with Crippen LogP contribution < -0.4 is 32.9 Å². The number of rotatable bonds is 22. The van der Waals surface area contributed by atoms with Gasteiger partial charge in [-0.3, -0.25) is 33.2 Å². The lowest BCUT2D eigenvalue weighted by Crippen LogP contribution is -2.47. The number of nitrogens with one attached hydrogen (secondary N) is 2. The average Bonchev–Trinajstić information content (AvgIpc) is 3.82. The molecule has 14 N–H and O–H groups in total. The second kappa shape index (κ2) is 22.1. The maximum absolute atomic E-state index is 14.1. The molecule has 400 valence electrons. The number of carbonyl (C=O) groups is 2. The third kappa shape index (κ3) is 12.6. The molecule has 29 nitrogen and oxygen atoms in total. The number of benzene rings is 3. The zero-order chi connectivity index (χ0) is 54.1. The molecule has 1 aliphatic carbocycles. The van der Waals surface area contributed by atoms with E-state index in [0.29, 0.717) is 32.2 Å². The molecule has 0 bridgehead atoms. The van der Waals surface area contributed by atoms with Crippen molar-refractivity contribution in [3.05, 3.63) is 65.8 Å².